The Kier molecular flexibility index (Phi) is 6.48. The maximum atomic E-state index is 5.90. The molecule has 0 amide bonds. The highest BCUT2D eigenvalue weighted by atomic mass is 35.5. The highest BCUT2D eigenvalue weighted by molar-refractivity contribution is 6.29. The summed E-state index contributed by atoms with van der Waals surface area (Å²) in [7, 11) is 4.20. The van der Waals surface area contributed by atoms with Gasteiger partial charge < -0.3 is 4.90 Å². The monoisotopic (exact) mass is 255 g/mol. The second-order valence-corrected chi connectivity index (χ2v) is 4.92. The van der Waals surface area contributed by atoms with Crippen molar-refractivity contribution in [2.24, 2.45) is 0 Å². The van der Waals surface area contributed by atoms with Crippen molar-refractivity contribution in [3.05, 3.63) is 29.0 Å². The maximum absolute atomic E-state index is 5.90. The van der Waals surface area contributed by atoms with Gasteiger partial charge in [-0.25, -0.2) is 4.98 Å². The topological polar surface area (TPSA) is 19.4 Å². The minimum absolute atomic E-state index is 0.576. The van der Waals surface area contributed by atoms with Crippen LogP contribution in [-0.4, -0.2) is 48.5 Å². The van der Waals surface area contributed by atoms with Crippen LogP contribution in [0.25, 0.3) is 0 Å². The predicted molar refractivity (Wildman–Crippen MR) is 73.4 cm³/mol. The van der Waals surface area contributed by atoms with Crippen molar-refractivity contribution in [1.82, 2.24) is 14.8 Å². The third-order valence-corrected chi connectivity index (χ3v) is 2.77. The first-order valence-electron chi connectivity index (χ1n) is 6.10. The Balaban J connectivity index is 2.53. The molecule has 1 rings (SSSR count). The number of nitrogens with zero attached hydrogens (tertiary/aromatic N) is 3. The zero-order valence-corrected chi connectivity index (χ0v) is 11.7. The van der Waals surface area contributed by atoms with Gasteiger partial charge >= 0.3 is 0 Å². The fourth-order valence-corrected chi connectivity index (χ4v) is 1.88. The first-order valence-corrected chi connectivity index (χ1v) is 6.48. The van der Waals surface area contributed by atoms with Crippen molar-refractivity contribution in [3.8, 4) is 0 Å². The molecule has 0 aliphatic rings. The highest BCUT2D eigenvalue weighted by Gasteiger charge is 2.06. The van der Waals surface area contributed by atoms with Crippen molar-refractivity contribution in [3.63, 3.8) is 0 Å². The fraction of sp³-hybridized carbons (Fsp3) is 0.615. The lowest BCUT2D eigenvalue weighted by Gasteiger charge is -2.23. The normalized spacial score (nSPS) is 11.4. The molecular weight excluding hydrogens is 234 g/mol. The van der Waals surface area contributed by atoms with Gasteiger partial charge in [-0.2, -0.15) is 0 Å². The average Bonchev–Trinajstić information content (AvgIpc) is 2.26. The summed E-state index contributed by atoms with van der Waals surface area (Å²) in [6, 6.07) is 5.81. The van der Waals surface area contributed by atoms with Gasteiger partial charge in [0.25, 0.3) is 0 Å². The number of rotatable bonds is 7. The van der Waals surface area contributed by atoms with Gasteiger partial charge in [-0.1, -0.05) is 24.6 Å². The van der Waals surface area contributed by atoms with Gasteiger partial charge in [-0.3, -0.25) is 4.90 Å². The molecule has 0 atom stereocenters. The van der Waals surface area contributed by atoms with Gasteiger partial charge in [0.15, 0.2) is 0 Å². The second-order valence-electron chi connectivity index (χ2n) is 4.53. The van der Waals surface area contributed by atoms with E-state index in [0.29, 0.717) is 5.15 Å². The first-order chi connectivity index (χ1) is 8.11. The standard InChI is InChI=1S/C13H22ClN3/c1-4-8-17(10-9-16(2)3)11-12-6-5-7-13(14)15-12/h5-7H,4,8-11H2,1-3H3. The van der Waals surface area contributed by atoms with E-state index in [4.69, 9.17) is 11.6 Å². The van der Waals surface area contributed by atoms with Crippen LogP contribution in [0.2, 0.25) is 5.15 Å². The smallest absolute Gasteiger partial charge is 0.129 e. The summed E-state index contributed by atoms with van der Waals surface area (Å²) in [6.45, 7) is 6.31. The summed E-state index contributed by atoms with van der Waals surface area (Å²) in [5.74, 6) is 0. The minimum Gasteiger partial charge on any atom is -0.308 e. The second kappa shape index (κ2) is 7.64. The number of pyridine rings is 1. The summed E-state index contributed by atoms with van der Waals surface area (Å²) in [6.07, 6.45) is 1.16. The molecule has 1 heterocycles. The van der Waals surface area contributed by atoms with Gasteiger partial charge in [0.2, 0.25) is 0 Å². The maximum Gasteiger partial charge on any atom is 0.129 e. The van der Waals surface area contributed by atoms with Crippen LogP contribution in [0, 0.1) is 0 Å². The Morgan fingerprint density at radius 2 is 1.94 bits per heavy atom. The van der Waals surface area contributed by atoms with Gasteiger partial charge in [-0.05, 0) is 39.2 Å². The molecule has 0 saturated heterocycles. The number of hydrogen-bond acceptors (Lipinski definition) is 3. The van der Waals surface area contributed by atoms with Crippen LogP contribution in [0.5, 0.6) is 0 Å². The summed E-state index contributed by atoms with van der Waals surface area (Å²) in [4.78, 5) is 8.95. The predicted octanol–water partition coefficient (Wildman–Crippen LogP) is 2.51. The van der Waals surface area contributed by atoms with Gasteiger partial charge in [-0.15, -0.1) is 0 Å². The van der Waals surface area contributed by atoms with E-state index in [0.717, 1.165) is 38.3 Å². The van der Waals surface area contributed by atoms with E-state index in [1.54, 1.807) is 0 Å². The SMILES string of the molecule is CCCN(CCN(C)C)Cc1cccc(Cl)n1. The molecule has 0 spiro atoms. The molecule has 0 unspecified atom stereocenters. The molecule has 0 N–H and O–H groups in total. The van der Waals surface area contributed by atoms with Gasteiger partial charge in [0, 0.05) is 19.6 Å². The quantitative estimate of drug-likeness (QED) is 0.698. The first kappa shape index (κ1) is 14.4. The number of hydrogen-bond donors (Lipinski definition) is 0. The van der Waals surface area contributed by atoms with Crippen molar-refractivity contribution in [2.45, 2.75) is 19.9 Å². The number of aromatic nitrogens is 1. The van der Waals surface area contributed by atoms with E-state index in [1.807, 2.05) is 18.2 Å². The molecule has 17 heavy (non-hydrogen) atoms. The highest BCUT2D eigenvalue weighted by Crippen LogP contribution is 2.08. The van der Waals surface area contributed by atoms with E-state index in [1.165, 1.54) is 0 Å². The molecule has 1 aromatic rings. The lowest BCUT2D eigenvalue weighted by Crippen LogP contribution is -2.32. The third-order valence-electron chi connectivity index (χ3n) is 2.56. The van der Waals surface area contributed by atoms with Crippen molar-refractivity contribution in [2.75, 3.05) is 33.7 Å². The molecule has 96 valence electrons. The van der Waals surface area contributed by atoms with Gasteiger partial charge in [0.1, 0.15) is 5.15 Å². The van der Waals surface area contributed by atoms with E-state index in [2.05, 4.69) is 35.8 Å². The van der Waals surface area contributed by atoms with E-state index in [9.17, 15) is 0 Å². The Labute approximate surface area is 109 Å². The van der Waals surface area contributed by atoms with Crippen LogP contribution in [0.1, 0.15) is 19.0 Å². The Morgan fingerprint density at radius 1 is 1.18 bits per heavy atom. The molecule has 1 aromatic heterocycles. The molecule has 0 bridgehead atoms. The molecule has 4 heteroatoms. The molecule has 0 aromatic carbocycles. The molecule has 3 nitrogen and oxygen atoms in total. The molecule has 0 aliphatic heterocycles. The molecular formula is C13H22ClN3. The number of likely N-dealkylation sites (N-methyl/N-ethyl adjacent to an activating group) is 1. The van der Waals surface area contributed by atoms with Crippen molar-refractivity contribution < 1.29 is 0 Å². The van der Waals surface area contributed by atoms with E-state index >= 15 is 0 Å². The average molecular weight is 256 g/mol. The van der Waals surface area contributed by atoms with Crippen molar-refractivity contribution in [1.29, 1.82) is 0 Å². The fourth-order valence-electron chi connectivity index (χ4n) is 1.70. The minimum atomic E-state index is 0.576. The lowest BCUT2D eigenvalue weighted by molar-refractivity contribution is 0.232. The zero-order chi connectivity index (χ0) is 12.7. The molecule has 0 saturated carbocycles. The van der Waals surface area contributed by atoms with Crippen LogP contribution in [0.15, 0.2) is 18.2 Å². The van der Waals surface area contributed by atoms with Crippen molar-refractivity contribution >= 4 is 11.6 Å². The zero-order valence-electron chi connectivity index (χ0n) is 11.0. The van der Waals surface area contributed by atoms with E-state index < -0.39 is 0 Å². The Bertz CT molecular complexity index is 328. The van der Waals surface area contributed by atoms with Gasteiger partial charge in [0.05, 0.1) is 5.69 Å². The van der Waals surface area contributed by atoms with Crippen LogP contribution >= 0.6 is 11.6 Å². The Hall–Kier alpha value is -0.640. The molecule has 0 radical (unpaired) electrons. The summed E-state index contributed by atoms with van der Waals surface area (Å²) in [5, 5.41) is 0.576. The molecule has 0 fully saturated rings. The summed E-state index contributed by atoms with van der Waals surface area (Å²) >= 11 is 5.90. The van der Waals surface area contributed by atoms with Crippen LogP contribution in [-0.2, 0) is 6.54 Å². The largest absolute Gasteiger partial charge is 0.308 e. The van der Waals surface area contributed by atoms with E-state index in [-0.39, 0.29) is 0 Å². The number of halogens is 1. The van der Waals surface area contributed by atoms with Crippen LogP contribution in [0.4, 0.5) is 0 Å². The van der Waals surface area contributed by atoms with Crippen LogP contribution < -0.4 is 0 Å². The molecule has 0 aliphatic carbocycles. The lowest BCUT2D eigenvalue weighted by atomic mass is 10.3. The Morgan fingerprint density at radius 3 is 2.53 bits per heavy atom. The summed E-state index contributed by atoms with van der Waals surface area (Å²) < 4.78 is 0. The summed E-state index contributed by atoms with van der Waals surface area (Å²) in [5.41, 5.74) is 1.05. The third kappa shape index (κ3) is 6.01. The van der Waals surface area contributed by atoms with Crippen LogP contribution in [0.3, 0.4) is 0 Å².